The first kappa shape index (κ1) is 21.3. The Kier molecular flexibility index (Phi) is 5.37. The van der Waals surface area contributed by atoms with E-state index in [1.807, 2.05) is 77.8 Å². The van der Waals surface area contributed by atoms with E-state index in [1.165, 1.54) is 0 Å². The number of carbonyl (C=O) groups is 2. The zero-order valence-electron chi connectivity index (χ0n) is 19.2. The van der Waals surface area contributed by atoms with Gasteiger partial charge in [0.1, 0.15) is 5.69 Å². The predicted molar refractivity (Wildman–Crippen MR) is 133 cm³/mol. The Morgan fingerprint density at radius 1 is 0.914 bits per heavy atom. The van der Waals surface area contributed by atoms with Gasteiger partial charge in [0.25, 0.3) is 5.91 Å². The number of likely N-dealkylation sites (tertiary alicyclic amines) is 1. The summed E-state index contributed by atoms with van der Waals surface area (Å²) in [5.41, 5.74) is 4.95. The van der Waals surface area contributed by atoms with Crippen LogP contribution < -0.4 is 5.32 Å². The van der Waals surface area contributed by atoms with Gasteiger partial charge < -0.3 is 10.2 Å². The van der Waals surface area contributed by atoms with E-state index in [9.17, 15) is 9.59 Å². The molecule has 1 atom stereocenters. The highest BCUT2D eigenvalue weighted by Gasteiger charge is 2.39. The topological polar surface area (TPSA) is 80.1 Å². The Morgan fingerprint density at radius 3 is 2.40 bits per heavy atom. The number of rotatable bonds is 4. The normalized spacial score (nSPS) is 17.8. The van der Waals surface area contributed by atoms with Crippen LogP contribution in [-0.2, 0) is 4.79 Å². The second-order valence-corrected chi connectivity index (χ2v) is 9.09. The van der Waals surface area contributed by atoms with Crippen molar-refractivity contribution in [2.75, 3.05) is 18.4 Å². The van der Waals surface area contributed by atoms with Crippen LogP contribution in [0.25, 0.3) is 16.9 Å². The Balaban J connectivity index is 1.25. The Hall–Kier alpha value is -4.26. The Labute approximate surface area is 203 Å². The summed E-state index contributed by atoms with van der Waals surface area (Å²) >= 11 is 0. The van der Waals surface area contributed by atoms with E-state index >= 15 is 0 Å². The third-order valence-corrected chi connectivity index (χ3v) is 7.05. The van der Waals surface area contributed by atoms with Crippen LogP contribution >= 0.6 is 0 Å². The van der Waals surface area contributed by atoms with Gasteiger partial charge in [0, 0.05) is 42.9 Å². The third-order valence-electron chi connectivity index (χ3n) is 7.05. The Morgan fingerprint density at radius 2 is 1.63 bits per heavy atom. The molecular formula is C28H25N5O2. The maximum absolute atomic E-state index is 13.7. The van der Waals surface area contributed by atoms with E-state index in [-0.39, 0.29) is 23.7 Å². The molecule has 1 N–H and O–H groups in total. The van der Waals surface area contributed by atoms with E-state index < -0.39 is 0 Å². The summed E-state index contributed by atoms with van der Waals surface area (Å²) in [5.74, 6) is 0.111. The molecule has 0 radical (unpaired) electrons. The summed E-state index contributed by atoms with van der Waals surface area (Å²) in [5, 5.41) is 7.78. The molecule has 2 aromatic carbocycles. The van der Waals surface area contributed by atoms with Crippen molar-refractivity contribution in [1.82, 2.24) is 19.7 Å². The van der Waals surface area contributed by atoms with E-state index in [4.69, 9.17) is 5.10 Å². The standard InChI is InChI=1S/C28H25N5O2/c34-27-25(22-8-4-5-9-24(22)30-27)19-12-16-32(17-13-19)28(35)23-18-33(21-6-2-1-3-7-21)31-26(23)20-10-14-29-15-11-20/h1-11,14-15,18-19,25H,12-13,16-17H2,(H,30,34). The molecule has 4 heterocycles. The number of nitrogens with zero attached hydrogens (tertiary/aromatic N) is 4. The lowest BCUT2D eigenvalue weighted by Crippen LogP contribution is -2.40. The molecule has 4 aromatic rings. The number of nitrogens with one attached hydrogen (secondary N) is 1. The zero-order valence-corrected chi connectivity index (χ0v) is 19.2. The van der Waals surface area contributed by atoms with Gasteiger partial charge >= 0.3 is 0 Å². The number of para-hydroxylation sites is 2. The number of fused-ring (bicyclic) bond motifs is 1. The van der Waals surface area contributed by atoms with Gasteiger partial charge in [-0.3, -0.25) is 14.6 Å². The van der Waals surface area contributed by atoms with Crippen LogP contribution in [0.4, 0.5) is 5.69 Å². The molecule has 0 bridgehead atoms. The average Bonchev–Trinajstić information content (AvgIpc) is 3.50. The van der Waals surface area contributed by atoms with E-state index in [2.05, 4.69) is 10.3 Å². The second kappa shape index (κ2) is 8.83. The molecule has 6 rings (SSSR count). The highest BCUT2D eigenvalue weighted by molar-refractivity contribution is 6.03. The van der Waals surface area contributed by atoms with Gasteiger partial charge in [-0.25, -0.2) is 4.68 Å². The number of carbonyl (C=O) groups excluding carboxylic acids is 2. The summed E-state index contributed by atoms with van der Waals surface area (Å²) in [6, 6.07) is 21.4. The van der Waals surface area contributed by atoms with Crippen LogP contribution in [0.5, 0.6) is 0 Å². The van der Waals surface area contributed by atoms with Crippen molar-refractivity contribution in [3.8, 4) is 16.9 Å². The average molecular weight is 464 g/mol. The van der Waals surface area contributed by atoms with Gasteiger partial charge in [0.2, 0.25) is 5.91 Å². The van der Waals surface area contributed by atoms with Crippen molar-refractivity contribution in [2.45, 2.75) is 18.8 Å². The van der Waals surface area contributed by atoms with Crippen molar-refractivity contribution in [3.63, 3.8) is 0 Å². The van der Waals surface area contributed by atoms with Crippen molar-refractivity contribution >= 4 is 17.5 Å². The minimum atomic E-state index is -0.142. The lowest BCUT2D eigenvalue weighted by Gasteiger charge is -2.34. The monoisotopic (exact) mass is 463 g/mol. The van der Waals surface area contributed by atoms with Crippen molar-refractivity contribution in [2.24, 2.45) is 5.92 Å². The molecule has 7 heteroatoms. The highest BCUT2D eigenvalue weighted by Crippen LogP contribution is 2.41. The highest BCUT2D eigenvalue weighted by atomic mass is 16.2. The number of piperidine rings is 1. The maximum Gasteiger partial charge on any atom is 0.257 e. The van der Waals surface area contributed by atoms with Gasteiger partial charge in [-0.15, -0.1) is 0 Å². The number of aromatic nitrogens is 3. The fourth-order valence-corrected chi connectivity index (χ4v) is 5.27. The van der Waals surface area contributed by atoms with Crippen LogP contribution in [0.2, 0.25) is 0 Å². The minimum absolute atomic E-state index is 0.0336. The van der Waals surface area contributed by atoms with Gasteiger partial charge in [0.05, 0.1) is 17.2 Å². The predicted octanol–water partition coefficient (Wildman–Crippen LogP) is 4.52. The molecule has 1 fully saturated rings. The number of anilines is 1. The van der Waals surface area contributed by atoms with E-state index in [1.54, 1.807) is 17.1 Å². The van der Waals surface area contributed by atoms with Gasteiger partial charge in [0.15, 0.2) is 0 Å². The number of hydrogen-bond donors (Lipinski definition) is 1. The fraction of sp³-hybridized carbons (Fsp3) is 0.214. The number of hydrogen-bond acceptors (Lipinski definition) is 4. The molecule has 0 saturated carbocycles. The molecule has 2 aromatic heterocycles. The lowest BCUT2D eigenvalue weighted by molar-refractivity contribution is -0.118. The lowest BCUT2D eigenvalue weighted by atomic mass is 9.80. The SMILES string of the molecule is O=C1Nc2ccccc2C1C1CCN(C(=O)c2cn(-c3ccccc3)nc2-c2ccncc2)CC1. The number of benzene rings is 2. The van der Waals surface area contributed by atoms with Crippen molar-refractivity contribution in [3.05, 3.63) is 96.4 Å². The molecule has 2 aliphatic rings. The molecule has 7 nitrogen and oxygen atoms in total. The summed E-state index contributed by atoms with van der Waals surface area (Å²) in [4.78, 5) is 32.4. The quantitative estimate of drug-likeness (QED) is 0.483. The van der Waals surface area contributed by atoms with Crippen LogP contribution in [0.15, 0.2) is 85.3 Å². The zero-order chi connectivity index (χ0) is 23.8. The summed E-state index contributed by atoms with van der Waals surface area (Å²) in [6.07, 6.45) is 6.81. The maximum atomic E-state index is 13.7. The van der Waals surface area contributed by atoms with E-state index in [0.717, 1.165) is 35.3 Å². The smallest absolute Gasteiger partial charge is 0.257 e. The molecule has 2 amide bonds. The number of amides is 2. The molecule has 2 aliphatic heterocycles. The summed E-state index contributed by atoms with van der Waals surface area (Å²) in [6.45, 7) is 1.23. The minimum Gasteiger partial charge on any atom is -0.339 e. The van der Waals surface area contributed by atoms with Crippen LogP contribution in [-0.4, -0.2) is 44.6 Å². The first-order valence-electron chi connectivity index (χ1n) is 11.9. The van der Waals surface area contributed by atoms with Crippen molar-refractivity contribution in [1.29, 1.82) is 0 Å². The molecule has 0 aliphatic carbocycles. The van der Waals surface area contributed by atoms with Crippen molar-refractivity contribution < 1.29 is 9.59 Å². The van der Waals surface area contributed by atoms with Crippen LogP contribution in [0.1, 0.15) is 34.7 Å². The molecular weight excluding hydrogens is 438 g/mol. The number of pyridine rings is 1. The fourth-order valence-electron chi connectivity index (χ4n) is 5.27. The van der Waals surface area contributed by atoms with Gasteiger partial charge in [-0.1, -0.05) is 36.4 Å². The molecule has 174 valence electrons. The van der Waals surface area contributed by atoms with Gasteiger partial charge in [-0.05, 0) is 54.7 Å². The Bertz CT molecular complexity index is 1380. The molecule has 1 unspecified atom stereocenters. The third kappa shape index (κ3) is 3.89. The first-order chi connectivity index (χ1) is 17.2. The second-order valence-electron chi connectivity index (χ2n) is 9.09. The summed E-state index contributed by atoms with van der Waals surface area (Å²) < 4.78 is 1.76. The first-order valence-corrected chi connectivity index (χ1v) is 11.9. The van der Waals surface area contributed by atoms with Crippen LogP contribution in [0, 0.1) is 5.92 Å². The van der Waals surface area contributed by atoms with Gasteiger partial charge in [-0.2, -0.15) is 5.10 Å². The molecule has 1 saturated heterocycles. The molecule has 0 spiro atoms. The summed E-state index contributed by atoms with van der Waals surface area (Å²) in [7, 11) is 0. The largest absolute Gasteiger partial charge is 0.339 e. The van der Waals surface area contributed by atoms with Crippen LogP contribution in [0.3, 0.4) is 0 Å². The van der Waals surface area contributed by atoms with E-state index in [0.29, 0.717) is 24.3 Å². The molecule has 35 heavy (non-hydrogen) atoms.